The van der Waals surface area contributed by atoms with E-state index in [2.05, 4.69) is 5.32 Å². The van der Waals surface area contributed by atoms with Crippen LogP contribution in [0.25, 0.3) is 0 Å². The lowest BCUT2D eigenvalue weighted by molar-refractivity contribution is -0.123. The number of nitriles is 1. The van der Waals surface area contributed by atoms with Gasteiger partial charge in [0.15, 0.2) is 6.10 Å². The standard InChI is InChI=1S/C19H19N3O3/c1-13(18(23)21-16-8-4-6-14(10-16)12-20)25-19(24)15-7-5-9-17(11-15)22(2)3/h4-11,13H,1-3H3,(H,21,23)/t13-/m0/s1. The van der Waals surface area contributed by atoms with Gasteiger partial charge < -0.3 is 15.0 Å². The van der Waals surface area contributed by atoms with Gasteiger partial charge in [-0.3, -0.25) is 4.79 Å². The van der Waals surface area contributed by atoms with Crippen molar-refractivity contribution < 1.29 is 14.3 Å². The van der Waals surface area contributed by atoms with Crippen molar-refractivity contribution in [1.29, 1.82) is 5.26 Å². The summed E-state index contributed by atoms with van der Waals surface area (Å²) in [5.74, 6) is -1.04. The number of benzene rings is 2. The number of carbonyl (C=O) groups is 2. The highest BCUT2D eigenvalue weighted by atomic mass is 16.5. The second kappa shape index (κ2) is 7.97. The summed E-state index contributed by atoms with van der Waals surface area (Å²) in [7, 11) is 3.74. The first-order chi connectivity index (χ1) is 11.9. The Kier molecular flexibility index (Phi) is 5.75. The second-order valence-electron chi connectivity index (χ2n) is 5.67. The van der Waals surface area contributed by atoms with Gasteiger partial charge in [0, 0.05) is 25.5 Å². The molecule has 0 aromatic heterocycles. The van der Waals surface area contributed by atoms with Gasteiger partial charge in [-0.15, -0.1) is 0 Å². The number of amides is 1. The maximum atomic E-state index is 12.2. The predicted octanol–water partition coefficient (Wildman–Crippen LogP) is 2.81. The lowest BCUT2D eigenvalue weighted by Crippen LogP contribution is -2.30. The summed E-state index contributed by atoms with van der Waals surface area (Å²) in [6.07, 6.45) is -0.971. The van der Waals surface area contributed by atoms with Gasteiger partial charge in [0.1, 0.15) is 0 Å². The molecular weight excluding hydrogens is 318 g/mol. The van der Waals surface area contributed by atoms with Crippen LogP contribution in [0.2, 0.25) is 0 Å². The molecule has 0 unspecified atom stereocenters. The molecule has 128 valence electrons. The summed E-state index contributed by atoms with van der Waals surface area (Å²) >= 11 is 0. The Morgan fingerprint density at radius 3 is 2.56 bits per heavy atom. The maximum absolute atomic E-state index is 12.2. The number of esters is 1. The number of nitrogens with zero attached hydrogens (tertiary/aromatic N) is 2. The quantitative estimate of drug-likeness (QED) is 0.848. The lowest BCUT2D eigenvalue weighted by Gasteiger charge is -2.15. The molecule has 2 rings (SSSR count). The topological polar surface area (TPSA) is 82.4 Å². The van der Waals surface area contributed by atoms with Crippen molar-refractivity contribution in [3.63, 3.8) is 0 Å². The van der Waals surface area contributed by atoms with Crippen LogP contribution in [0.3, 0.4) is 0 Å². The van der Waals surface area contributed by atoms with Crippen LogP contribution in [-0.4, -0.2) is 32.1 Å². The molecule has 0 aliphatic carbocycles. The van der Waals surface area contributed by atoms with Crippen LogP contribution in [0.1, 0.15) is 22.8 Å². The van der Waals surface area contributed by atoms with Gasteiger partial charge >= 0.3 is 5.97 Å². The van der Waals surface area contributed by atoms with Crippen LogP contribution in [-0.2, 0) is 9.53 Å². The molecule has 2 aromatic carbocycles. The van der Waals surface area contributed by atoms with Crippen LogP contribution in [0.15, 0.2) is 48.5 Å². The zero-order chi connectivity index (χ0) is 18.4. The molecule has 0 spiro atoms. The Morgan fingerprint density at radius 1 is 1.16 bits per heavy atom. The largest absolute Gasteiger partial charge is 0.449 e. The van der Waals surface area contributed by atoms with Crippen LogP contribution < -0.4 is 10.2 Å². The highest BCUT2D eigenvalue weighted by Gasteiger charge is 2.19. The summed E-state index contributed by atoms with van der Waals surface area (Å²) in [5, 5.41) is 11.5. The van der Waals surface area contributed by atoms with Gasteiger partial charge in [0.05, 0.1) is 17.2 Å². The van der Waals surface area contributed by atoms with Gasteiger partial charge in [-0.1, -0.05) is 12.1 Å². The fraction of sp³-hybridized carbons (Fsp3) is 0.211. The van der Waals surface area contributed by atoms with Gasteiger partial charge in [0.25, 0.3) is 5.91 Å². The van der Waals surface area contributed by atoms with E-state index >= 15 is 0 Å². The maximum Gasteiger partial charge on any atom is 0.338 e. The molecule has 2 aromatic rings. The Bertz CT molecular complexity index is 825. The highest BCUT2D eigenvalue weighted by Crippen LogP contribution is 2.15. The first-order valence-corrected chi connectivity index (χ1v) is 7.70. The number of anilines is 2. The van der Waals surface area contributed by atoms with Crippen molar-refractivity contribution in [3.05, 3.63) is 59.7 Å². The number of rotatable bonds is 5. The third-order valence-corrected chi connectivity index (χ3v) is 3.51. The molecular formula is C19H19N3O3. The van der Waals surface area contributed by atoms with E-state index in [4.69, 9.17) is 10.00 Å². The Hall–Kier alpha value is -3.33. The van der Waals surface area contributed by atoms with Crippen molar-refractivity contribution in [2.75, 3.05) is 24.3 Å². The molecule has 25 heavy (non-hydrogen) atoms. The van der Waals surface area contributed by atoms with Crippen LogP contribution in [0.5, 0.6) is 0 Å². The number of ether oxygens (including phenoxy) is 1. The predicted molar refractivity (Wildman–Crippen MR) is 95.4 cm³/mol. The molecule has 0 bridgehead atoms. The van der Waals surface area contributed by atoms with Crippen molar-refractivity contribution in [2.45, 2.75) is 13.0 Å². The fourth-order valence-corrected chi connectivity index (χ4v) is 2.10. The third kappa shape index (κ3) is 4.82. The van der Waals surface area contributed by atoms with Crippen LogP contribution in [0, 0.1) is 11.3 Å². The monoisotopic (exact) mass is 337 g/mol. The number of hydrogen-bond acceptors (Lipinski definition) is 5. The second-order valence-corrected chi connectivity index (χ2v) is 5.67. The molecule has 1 amide bonds. The Balaban J connectivity index is 2.01. The summed E-state index contributed by atoms with van der Waals surface area (Å²) in [6, 6.07) is 15.5. The molecule has 0 aliphatic heterocycles. The molecule has 1 atom stereocenters. The van der Waals surface area contributed by atoms with Crippen molar-refractivity contribution in [3.8, 4) is 6.07 Å². The average Bonchev–Trinajstić information content (AvgIpc) is 2.61. The molecule has 0 aliphatic rings. The minimum Gasteiger partial charge on any atom is -0.449 e. The molecule has 1 N–H and O–H groups in total. The van der Waals surface area contributed by atoms with Gasteiger partial charge in [-0.25, -0.2) is 4.79 Å². The van der Waals surface area contributed by atoms with E-state index < -0.39 is 18.0 Å². The summed E-state index contributed by atoms with van der Waals surface area (Å²) < 4.78 is 5.23. The first-order valence-electron chi connectivity index (χ1n) is 7.70. The SMILES string of the molecule is C[C@H](OC(=O)c1cccc(N(C)C)c1)C(=O)Nc1cccc(C#N)c1. The molecule has 0 radical (unpaired) electrons. The van der Waals surface area contributed by atoms with E-state index in [1.54, 1.807) is 42.5 Å². The number of carbonyl (C=O) groups excluding carboxylic acids is 2. The number of nitrogens with one attached hydrogen (secondary N) is 1. The van der Waals surface area contributed by atoms with Crippen LogP contribution in [0.4, 0.5) is 11.4 Å². The Morgan fingerprint density at radius 2 is 1.88 bits per heavy atom. The van der Waals surface area contributed by atoms with E-state index in [9.17, 15) is 9.59 Å². The van der Waals surface area contributed by atoms with Crippen molar-refractivity contribution in [1.82, 2.24) is 0 Å². The zero-order valence-electron chi connectivity index (χ0n) is 14.3. The summed E-state index contributed by atoms with van der Waals surface area (Å²) in [6.45, 7) is 1.50. The molecule has 0 saturated carbocycles. The normalized spacial score (nSPS) is 11.1. The summed E-state index contributed by atoms with van der Waals surface area (Å²) in [4.78, 5) is 26.3. The third-order valence-electron chi connectivity index (χ3n) is 3.51. The van der Waals surface area contributed by atoms with Gasteiger partial charge in [0.2, 0.25) is 0 Å². The van der Waals surface area contributed by atoms with Crippen molar-refractivity contribution >= 4 is 23.3 Å². The van der Waals surface area contributed by atoms with E-state index in [-0.39, 0.29) is 0 Å². The van der Waals surface area contributed by atoms with Gasteiger partial charge in [-0.05, 0) is 43.3 Å². The average molecular weight is 337 g/mol. The smallest absolute Gasteiger partial charge is 0.338 e. The van der Waals surface area contributed by atoms with E-state index in [0.29, 0.717) is 16.8 Å². The first kappa shape index (κ1) is 18.0. The molecule has 6 heteroatoms. The van der Waals surface area contributed by atoms with E-state index in [0.717, 1.165) is 5.69 Å². The highest BCUT2D eigenvalue weighted by molar-refractivity contribution is 5.97. The van der Waals surface area contributed by atoms with Crippen molar-refractivity contribution in [2.24, 2.45) is 0 Å². The summed E-state index contributed by atoms with van der Waals surface area (Å²) in [5.41, 5.74) is 2.14. The molecule has 0 heterocycles. The van der Waals surface area contributed by atoms with Gasteiger partial charge in [-0.2, -0.15) is 5.26 Å². The molecule has 0 fully saturated rings. The fourth-order valence-electron chi connectivity index (χ4n) is 2.10. The lowest BCUT2D eigenvalue weighted by atomic mass is 10.2. The van der Waals surface area contributed by atoms with E-state index in [1.807, 2.05) is 31.1 Å². The minimum absolute atomic E-state index is 0.373. The number of hydrogen-bond donors (Lipinski definition) is 1. The van der Waals surface area contributed by atoms with Crippen LogP contribution >= 0.6 is 0 Å². The minimum atomic E-state index is -0.971. The molecule has 6 nitrogen and oxygen atoms in total. The zero-order valence-corrected chi connectivity index (χ0v) is 14.3. The van der Waals surface area contributed by atoms with E-state index in [1.165, 1.54) is 6.92 Å². The Labute approximate surface area is 146 Å². The molecule has 0 saturated heterocycles.